The number of nitrogens with zero attached hydrogens (tertiary/aromatic N) is 1. The number of carbonyl (C=O) groups excluding carboxylic acids is 1. The van der Waals surface area contributed by atoms with Crippen LogP contribution in [0.15, 0.2) is 65.8 Å². The van der Waals surface area contributed by atoms with Gasteiger partial charge in [0.2, 0.25) is 0 Å². The Morgan fingerprint density at radius 1 is 1.04 bits per heavy atom. The van der Waals surface area contributed by atoms with Crippen molar-refractivity contribution in [3.8, 4) is 5.75 Å². The van der Waals surface area contributed by atoms with Gasteiger partial charge in [-0.1, -0.05) is 42.5 Å². The number of aromatic hydroxyl groups is 1. The van der Waals surface area contributed by atoms with E-state index in [1.165, 1.54) is 24.4 Å². The van der Waals surface area contributed by atoms with E-state index in [-0.39, 0.29) is 11.3 Å². The van der Waals surface area contributed by atoms with Crippen molar-refractivity contribution in [2.75, 3.05) is 0 Å². The molecular formula is C18H13FN2O2. The van der Waals surface area contributed by atoms with Gasteiger partial charge in [-0.15, -0.1) is 0 Å². The molecule has 0 radical (unpaired) electrons. The van der Waals surface area contributed by atoms with Crippen LogP contribution in [0.25, 0.3) is 10.8 Å². The molecule has 0 aromatic heterocycles. The minimum absolute atomic E-state index is 0.0487. The fourth-order valence-corrected chi connectivity index (χ4v) is 2.28. The summed E-state index contributed by atoms with van der Waals surface area (Å²) in [5.41, 5.74) is 2.65. The van der Waals surface area contributed by atoms with Crippen LogP contribution in [0.5, 0.6) is 5.75 Å². The fraction of sp³-hybridized carbons (Fsp3) is 0. The van der Waals surface area contributed by atoms with Gasteiger partial charge >= 0.3 is 0 Å². The Hall–Kier alpha value is -3.21. The molecule has 0 aliphatic heterocycles. The van der Waals surface area contributed by atoms with E-state index in [1.54, 1.807) is 18.2 Å². The third kappa shape index (κ3) is 3.03. The van der Waals surface area contributed by atoms with Gasteiger partial charge in [-0.3, -0.25) is 4.79 Å². The molecule has 114 valence electrons. The predicted molar refractivity (Wildman–Crippen MR) is 87.1 cm³/mol. The molecular weight excluding hydrogens is 295 g/mol. The van der Waals surface area contributed by atoms with Crippen LogP contribution >= 0.6 is 0 Å². The van der Waals surface area contributed by atoms with Crippen LogP contribution in [0.1, 0.15) is 15.9 Å². The lowest BCUT2D eigenvalue weighted by Crippen LogP contribution is -2.18. The highest BCUT2D eigenvalue weighted by molar-refractivity contribution is 6.03. The van der Waals surface area contributed by atoms with E-state index in [9.17, 15) is 14.3 Å². The number of halogens is 1. The van der Waals surface area contributed by atoms with Gasteiger partial charge in [-0.25, -0.2) is 9.82 Å². The monoisotopic (exact) mass is 308 g/mol. The molecule has 0 aliphatic carbocycles. The maximum Gasteiger partial charge on any atom is 0.274 e. The number of phenols is 1. The van der Waals surface area contributed by atoms with Crippen LogP contribution in [0, 0.1) is 5.82 Å². The largest absolute Gasteiger partial charge is 0.507 e. The molecule has 0 aliphatic rings. The number of hydrogen-bond acceptors (Lipinski definition) is 3. The Labute approximate surface area is 131 Å². The normalized spacial score (nSPS) is 11.0. The SMILES string of the molecule is O=C(N/N=C\c1c(O)ccc2ccccc12)c1ccccc1F. The summed E-state index contributed by atoms with van der Waals surface area (Å²) < 4.78 is 13.5. The third-order valence-corrected chi connectivity index (χ3v) is 3.43. The number of nitrogens with one attached hydrogen (secondary N) is 1. The molecule has 0 atom stereocenters. The molecule has 0 bridgehead atoms. The molecule has 5 heteroatoms. The smallest absolute Gasteiger partial charge is 0.274 e. The Bertz CT molecular complexity index is 906. The maximum absolute atomic E-state index is 13.5. The number of hydrazone groups is 1. The Kier molecular flexibility index (Phi) is 4.01. The van der Waals surface area contributed by atoms with Crippen molar-refractivity contribution in [3.05, 3.63) is 77.6 Å². The number of fused-ring (bicyclic) bond motifs is 1. The maximum atomic E-state index is 13.5. The van der Waals surface area contributed by atoms with E-state index in [2.05, 4.69) is 10.5 Å². The Balaban J connectivity index is 1.85. The zero-order valence-electron chi connectivity index (χ0n) is 12.0. The number of hydrogen-bond donors (Lipinski definition) is 2. The first kappa shape index (κ1) is 14.7. The van der Waals surface area contributed by atoms with Gasteiger partial charge < -0.3 is 5.11 Å². The molecule has 3 rings (SSSR count). The van der Waals surface area contributed by atoms with Crippen molar-refractivity contribution >= 4 is 22.9 Å². The van der Waals surface area contributed by atoms with E-state index in [4.69, 9.17) is 0 Å². The fourth-order valence-electron chi connectivity index (χ4n) is 2.28. The molecule has 2 N–H and O–H groups in total. The van der Waals surface area contributed by atoms with Gasteiger partial charge in [0.05, 0.1) is 11.8 Å². The number of carbonyl (C=O) groups is 1. The first-order valence-corrected chi connectivity index (χ1v) is 6.95. The average Bonchev–Trinajstić information content (AvgIpc) is 2.57. The zero-order valence-corrected chi connectivity index (χ0v) is 12.0. The predicted octanol–water partition coefficient (Wildman–Crippen LogP) is 3.45. The van der Waals surface area contributed by atoms with E-state index in [0.29, 0.717) is 5.56 Å². The van der Waals surface area contributed by atoms with Crippen LogP contribution in [-0.2, 0) is 0 Å². The van der Waals surface area contributed by atoms with E-state index < -0.39 is 11.7 Å². The number of phenolic OH excluding ortho intramolecular Hbond substituents is 1. The molecule has 0 saturated carbocycles. The Morgan fingerprint density at radius 2 is 1.78 bits per heavy atom. The lowest BCUT2D eigenvalue weighted by molar-refractivity contribution is 0.0951. The Morgan fingerprint density at radius 3 is 2.61 bits per heavy atom. The molecule has 3 aromatic carbocycles. The second kappa shape index (κ2) is 6.27. The summed E-state index contributed by atoms with van der Waals surface area (Å²) in [5.74, 6) is -1.22. The van der Waals surface area contributed by atoms with Gasteiger partial charge in [0.1, 0.15) is 11.6 Å². The van der Waals surface area contributed by atoms with Crippen molar-refractivity contribution in [1.29, 1.82) is 0 Å². The van der Waals surface area contributed by atoms with Crippen LogP contribution in [0.4, 0.5) is 4.39 Å². The van der Waals surface area contributed by atoms with E-state index in [1.807, 2.05) is 24.3 Å². The van der Waals surface area contributed by atoms with Crippen LogP contribution < -0.4 is 5.43 Å². The van der Waals surface area contributed by atoms with Crippen molar-refractivity contribution in [2.45, 2.75) is 0 Å². The van der Waals surface area contributed by atoms with Crippen LogP contribution in [-0.4, -0.2) is 17.2 Å². The summed E-state index contributed by atoms with van der Waals surface area (Å²) in [6.45, 7) is 0. The molecule has 4 nitrogen and oxygen atoms in total. The topological polar surface area (TPSA) is 61.7 Å². The molecule has 1 amide bonds. The van der Waals surface area contributed by atoms with Gasteiger partial charge in [0.25, 0.3) is 5.91 Å². The van der Waals surface area contributed by atoms with Gasteiger partial charge in [0, 0.05) is 5.56 Å². The number of benzene rings is 3. The molecule has 23 heavy (non-hydrogen) atoms. The summed E-state index contributed by atoms with van der Waals surface area (Å²) in [7, 11) is 0. The van der Waals surface area contributed by atoms with Gasteiger partial charge in [-0.05, 0) is 29.0 Å². The second-order valence-electron chi connectivity index (χ2n) is 4.90. The third-order valence-electron chi connectivity index (χ3n) is 3.43. The van der Waals surface area contributed by atoms with Crippen LogP contribution in [0.3, 0.4) is 0 Å². The van der Waals surface area contributed by atoms with Gasteiger partial charge in [0.15, 0.2) is 0 Å². The lowest BCUT2D eigenvalue weighted by Gasteiger charge is -2.05. The molecule has 3 aromatic rings. The molecule has 0 spiro atoms. The van der Waals surface area contributed by atoms with Crippen molar-refractivity contribution in [3.63, 3.8) is 0 Å². The molecule has 0 unspecified atom stereocenters. The highest BCUT2D eigenvalue weighted by Gasteiger charge is 2.09. The van der Waals surface area contributed by atoms with Crippen molar-refractivity contribution in [2.24, 2.45) is 5.10 Å². The molecule has 0 fully saturated rings. The quantitative estimate of drug-likeness (QED) is 0.575. The minimum atomic E-state index is -0.654. The zero-order chi connectivity index (χ0) is 16.2. The van der Waals surface area contributed by atoms with Crippen molar-refractivity contribution < 1.29 is 14.3 Å². The summed E-state index contributed by atoms with van der Waals surface area (Å²) in [6, 6.07) is 16.5. The first-order valence-electron chi connectivity index (χ1n) is 6.95. The molecule has 0 saturated heterocycles. The summed E-state index contributed by atoms with van der Waals surface area (Å²) >= 11 is 0. The highest BCUT2D eigenvalue weighted by atomic mass is 19.1. The van der Waals surface area contributed by atoms with Crippen LogP contribution in [0.2, 0.25) is 0 Å². The van der Waals surface area contributed by atoms with Crippen molar-refractivity contribution in [1.82, 2.24) is 5.43 Å². The second-order valence-corrected chi connectivity index (χ2v) is 4.90. The van der Waals surface area contributed by atoms with Gasteiger partial charge in [-0.2, -0.15) is 5.10 Å². The summed E-state index contributed by atoms with van der Waals surface area (Å²) in [5, 5.41) is 15.5. The number of amides is 1. The number of rotatable bonds is 3. The average molecular weight is 308 g/mol. The van der Waals surface area contributed by atoms with E-state index >= 15 is 0 Å². The standard InChI is InChI=1S/C18H13FN2O2/c19-16-8-4-3-7-14(16)18(23)21-20-11-15-13-6-2-1-5-12(13)9-10-17(15)22/h1-11,22H,(H,21,23)/b20-11-. The summed E-state index contributed by atoms with van der Waals surface area (Å²) in [6.07, 6.45) is 1.34. The lowest BCUT2D eigenvalue weighted by atomic mass is 10.0. The summed E-state index contributed by atoms with van der Waals surface area (Å²) in [4.78, 5) is 11.9. The van der Waals surface area contributed by atoms with E-state index in [0.717, 1.165) is 10.8 Å². The first-order chi connectivity index (χ1) is 11.2. The minimum Gasteiger partial charge on any atom is -0.507 e. The highest BCUT2D eigenvalue weighted by Crippen LogP contribution is 2.25. The molecule has 0 heterocycles.